The van der Waals surface area contributed by atoms with Gasteiger partial charge >= 0.3 is 0 Å². The number of rotatable bonds is 2. The summed E-state index contributed by atoms with van der Waals surface area (Å²) < 4.78 is 0. The van der Waals surface area contributed by atoms with E-state index in [1.165, 1.54) is 6.42 Å². The van der Waals surface area contributed by atoms with Crippen molar-refractivity contribution in [3.63, 3.8) is 0 Å². The maximum absolute atomic E-state index is 12.3. The van der Waals surface area contributed by atoms with Crippen molar-refractivity contribution in [1.82, 2.24) is 10.4 Å². The normalized spacial score (nSPS) is 16.4. The highest BCUT2D eigenvalue weighted by atomic mass is 16.2. The zero-order valence-electron chi connectivity index (χ0n) is 10.9. The fourth-order valence-electron chi connectivity index (χ4n) is 2.62. The fraction of sp³-hybridized carbons (Fsp3) is 0.312. The Labute approximate surface area is 113 Å². The average Bonchev–Trinajstić information content (AvgIpc) is 2.69. The maximum Gasteiger partial charge on any atom is 0.266 e. The highest BCUT2D eigenvalue weighted by Crippen LogP contribution is 2.26. The second kappa shape index (κ2) is 5.41. The van der Waals surface area contributed by atoms with Crippen molar-refractivity contribution in [3.8, 4) is 11.1 Å². The first-order chi connectivity index (χ1) is 9.34. The molecule has 19 heavy (non-hydrogen) atoms. The van der Waals surface area contributed by atoms with E-state index in [0.717, 1.165) is 42.6 Å². The Hall–Kier alpha value is -1.87. The summed E-state index contributed by atoms with van der Waals surface area (Å²) in [6.45, 7) is 1.91. The quantitative estimate of drug-likeness (QED) is 0.893. The average molecular weight is 254 g/mol. The molecule has 0 spiro atoms. The highest BCUT2D eigenvalue weighted by molar-refractivity contribution is 6.01. The monoisotopic (exact) mass is 254 g/mol. The molecule has 3 rings (SSSR count). The molecule has 0 aromatic heterocycles. The van der Waals surface area contributed by atoms with Crippen LogP contribution in [0.5, 0.6) is 0 Å². The Morgan fingerprint density at radius 2 is 1.74 bits per heavy atom. The van der Waals surface area contributed by atoms with Crippen LogP contribution in [0.2, 0.25) is 0 Å². The van der Waals surface area contributed by atoms with Gasteiger partial charge in [-0.15, -0.1) is 0 Å². The molecule has 0 atom stereocenters. The molecule has 1 aliphatic heterocycles. The van der Waals surface area contributed by atoms with Gasteiger partial charge in [0, 0.05) is 18.7 Å². The summed E-state index contributed by atoms with van der Waals surface area (Å²) in [4.78, 5) is 12.3. The van der Waals surface area contributed by atoms with Crippen LogP contribution < -0.4 is 5.43 Å². The Balaban J connectivity index is 1.79. The molecule has 1 amide bonds. The van der Waals surface area contributed by atoms with E-state index in [9.17, 15) is 4.79 Å². The molecule has 0 saturated carbocycles. The summed E-state index contributed by atoms with van der Waals surface area (Å²) >= 11 is 0. The van der Waals surface area contributed by atoms with Gasteiger partial charge in [0.05, 0.1) is 0 Å². The van der Waals surface area contributed by atoms with Gasteiger partial charge in [0.25, 0.3) is 5.91 Å². The molecule has 1 saturated heterocycles. The Kier molecular flexibility index (Phi) is 3.47. The molecule has 1 heterocycles. The van der Waals surface area contributed by atoms with Crippen molar-refractivity contribution in [1.29, 1.82) is 0 Å². The summed E-state index contributed by atoms with van der Waals surface area (Å²) in [5.74, 6) is 0.00287. The standard InChI is InChI=1S/C16H18N2O/c19-16(17-18-11-5-2-6-12-18)15-10-9-13-7-3-1-4-8-14(13)15/h1,3-4,7-10H,2,5-6,11-12H2,(H,17,19). The summed E-state index contributed by atoms with van der Waals surface area (Å²) in [6.07, 6.45) is 3.59. The number of carbonyl (C=O) groups is 1. The predicted octanol–water partition coefficient (Wildman–Crippen LogP) is 2.92. The third-order valence-electron chi connectivity index (χ3n) is 3.65. The first-order valence-corrected chi connectivity index (χ1v) is 6.88. The molecule has 2 aliphatic carbocycles. The van der Waals surface area contributed by atoms with Gasteiger partial charge in [-0.05, 0) is 30.0 Å². The summed E-state index contributed by atoms with van der Waals surface area (Å²) in [5.41, 5.74) is 5.90. The number of hydrogen-bond donors (Lipinski definition) is 1. The molecule has 1 fully saturated rings. The Morgan fingerprint density at radius 3 is 2.58 bits per heavy atom. The summed E-state index contributed by atoms with van der Waals surface area (Å²) in [7, 11) is 0. The molecule has 0 radical (unpaired) electrons. The second-order valence-corrected chi connectivity index (χ2v) is 5.02. The molecule has 0 aromatic carbocycles. The van der Waals surface area contributed by atoms with E-state index in [0.29, 0.717) is 0 Å². The van der Waals surface area contributed by atoms with Crippen molar-refractivity contribution >= 4 is 5.91 Å². The zero-order chi connectivity index (χ0) is 13.1. The van der Waals surface area contributed by atoms with Crippen molar-refractivity contribution < 1.29 is 4.79 Å². The zero-order valence-corrected chi connectivity index (χ0v) is 10.9. The lowest BCUT2D eigenvalue weighted by atomic mass is 10.1. The number of fused-ring (bicyclic) bond motifs is 1. The van der Waals surface area contributed by atoms with Gasteiger partial charge in [0.2, 0.25) is 0 Å². The molecule has 3 nitrogen and oxygen atoms in total. The van der Waals surface area contributed by atoms with Crippen LogP contribution in [-0.4, -0.2) is 24.0 Å². The van der Waals surface area contributed by atoms with E-state index in [-0.39, 0.29) is 5.91 Å². The van der Waals surface area contributed by atoms with Gasteiger partial charge < -0.3 is 0 Å². The molecule has 3 aliphatic rings. The maximum atomic E-state index is 12.3. The van der Waals surface area contributed by atoms with E-state index in [4.69, 9.17) is 0 Å². The molecule has 3 heteroatoms. The van der Waals surface area contributed by atoms with Crippen LogP contribution in [0.3, 0.4) is 0 Å². The SMILES string of the molecule is O=C(NN1CCCCC1)c1ccc2cccccc1-2. The van der Waals surface area contributed by atoms with Crippen molar-refractivity contribution in [2.24, 2.45) is 0 Å². The van der Waals surface area contributed by atoms with Crippen LogP contribution >= 0.6 is 0 Å². The third kappa shape index (κ3) is 2.61. The number of piperidine rings is 1. The van der Waals surface area contributed by atoms with E-state index in [1.54, 1.807) is 0 Å². The number of nitrogens with zero attached hydrogens (tertiary/aromatic N) is 1. The molecular formula is C16H18N2O. The number of carbonyl (C=O) groups excluding carboxylic acids is 1. The van der Waals surface area contributed by atoms with Crippen LogP contribution in [0.1, 0.15) is 29.6 Å². The van der Waals surface area contributed by atoms with Crippen LogP contribution in [0.15, 0.2) is 42.5 Å². The lowest BCUT2D eigenvalue weighted by Crippen LogP contribution is -2.45. The third-order valence-corrected chi connectivity index (χ3v) is 3.65. The molecule has 1 N–H and O–H groups in total. The van der Waals surface area contributed by atoms with Gasteiger partial charge in [0.15, 0.2) is 0 Å². The van der Waals surface area contributed by atoms with Gasteiger partial charge in [-0.3, -0.25) is 10.2 Å². The van der Waals surface area contributed by atoms with E-state index in [1.807, 2.05) is 47.5 Å². The minimum Gasteiger partial charge on any atom is -0.285 e. The van der Waals surface area contributed by atoms with Gasteiger partial charge in [-0.1, -0.05) is 42.8 Å². The highest BCUT2D eigenvalue weighted by Gasteiger charge is 2.18. The first kappa shape index (κ1) is 12.2. The Morgan fingerprint density at radius 1 is 0.947 bits per heavy atom. The summed E-state index contributed by atoms with van der Waals surface area (Å²) in [5, 5.41) is 2.04. The minimum absolute atomic E-state index is 0.00287. The Bertz CT molecular complexity index is 546. The molecular weight excluding hydrogens is 236 g/mol. The van der Waals surface area contributed by atoms with Crippen molar-refractivity contribution in [2.75, 3.05) is 13.1 Å². The van der Waals surface area contributed by atoms with Crippen LogP contribution in [0, 0.1) is 0 Å². The topological polar surface area (TPSA) is 32.3 Å². The van der Waals surface area contributed by atoms with Crippen molar-refractivity contribution in [3.05, 3.63) is 48.0 Å². The molecule has 0 aromatic rings. The number of hydrazine groups is 1. The van der Waals surface area contributed by atoms with Gasteiger partial charge in [0.1, 0.15) is 0 Å². The number of hydrogen-bond acceptors (Lipinski definition) is 2. The summed E-state index contributed by atoms with van der Waals surface area (Å²) in [6, 6.07) is 13.9. The largest absolute Gasteiger partial charge is 0.285 e. The second-order valence-electron chi connectivity index (χ2n) is 5.02. The van der Waals surface area contributed by atoms with E-state index >= 15 is 0 Å². The van der Waals surface area contributed by atoms with Crippen LogP contribution in [0.4, 0.5) is 0 Å². The van der Waals surface area contributed by atoms with E-state index in [2.05, 4.69) is 5.43 Å². The van der Waals surface area contributed by atoms with Gasteiger partial charge in [-0.25, -0.2) is 5.01 Å². The van der Waals surface area contributed by atoms with Crippen molar-refractivity contribution in [2.45, 2.75) is 19.3 Å². The molecule has 98 valence electrons. The minimum atomic E-state index is 0.00287. The molecule has 0 unspecified atom stereocenters. The van der Waals surface area contributed by atoms with Gasteiger partial charge in [-0.2, -0.15) is 0 Å². The predicted molar refractivity (Wildman–Crippen MR) is 76.0 cm³/mol. The first-order valence-electron chi connectivity index (χ1n) is 6.88. The van der Waals surface area contributed by atoms with E-state index < -0.39 is 0 Å². The van der Waals surface area contributed by atoms with Crippen LogP contribution in [0.25, 0.3) is 11.1 Å². The fourth-order valence-corrected chi connectivity index (χ4v) is 2.62. The lowest BCUT2D eigenvalue weighted by molar-refractivity contribution is 0.0751. The van der Waals surface area contributed by atoms with Crippen LogP contribution in [-0.2, 0) is 0 Å². The lowest BCUT2D eigenvalue weighted by Gasteiger charge is -2.26. The molecule has 0 bridgehead atoms. The number of amides is 1. The number of nitrogens with one attached hydrogen (secondary N) is 1. The smallest absolute Gasteiger partial charge is 0.266 e.